The molecule has 0 radical (unpaired) electrons. The van der Waals surface area contributed by atoms with Crippen LogP contribution in [0, 0.1) is 5.82 Å². The fourth-order valence-corrected chi connectivity index (χ4v) is 4.15. The number of aromatic nitrogens is 2. The number of hydrogen-bond donors (Lipinski definition) is 2. The summed E-state index contributed by atoms with van der Waals surface area (Å²) in [7, 11) is 0. The Balaban J connectivity index is 1.79. The number of amides is 2. The van der Waals surface area contributed by atoms with E-state index < -0.39 is 17.8 Å². The first-order valence-corrected chi connectivity index (χ1v) is 9.87. The highest BCUT2D eigenvalue weighted by Gasteiger charge is 2.35. The third-order valence-corrected chi connectivity index (χ3v) is 5.70. The van der Waals surface area contributed by atoms with E-state index in [2.05, 4.69) is 10.00 Å². The minimum Gasteiger partial charge on any atom is -0.465 e. The third-order valence-electron chi connectivity index (χ3n) is 5.41. The molecule has 9 nitrogen and oxygen atoms in total. The molecule has 4 rings (SSSR count). The van der Waals surface area contributed by atoms with Gasteiger partial charge in [-0.15, -0.1) is 0 Å². The standard InChI is InChI=1S/C19H21ClFN5O4/c20-13-7-11(1-2-14(13)21)17-16(18(22)27)15-10-25(19(28)29)9-12(26(15)23-17)8-24-3-5-30-6-4-24/h1-2,7,12H,3-6,8-10H2,(H2,22,27)(H,28,29). The van der Waals surface area contributed by atoms with Crippen molar-refractivity contribution in [1.29, 1.82) is 0 Å². The molecule has 11 heteroatoms. The van der Waals surface area contributed by atoms with Crippen molar-refractivity contribution < 1.29 is 23.8 Å². The van der Waals surface area contributed by atoms with Gasteiger partial charge in [0.15, 0.2) is 0 Å². The first-order valence-electron chi connectivity index (χ1n) is 9.49. The Morgan fingerprint density at radius 1 is 1.33 bits per heavy atom. The molecule has 30 heavy (non-hydrogen) atoms. The smallest absolute Gasteiger partial charge is 0.407 e. The maximum Gasteiger partial charge on any atom is 0.407 e. The lowest BCUT2D eigenvalue weighted by atomic mass is 10.0. The first-order chi connectivity index (χ1) is 14.3. The normalized spacial score (nSPS) is 19.5. The van der Waals surface area contributed by atoms with Crippen LogP contribution >= 0.6 is 11.6 Å². The first kappa shape index (κ1) is 20.6. The predicted molar refractivity (Wildman–Crippen MR) is 106 cm³/mol. The Bertz CT molecular complexity index is 992. The highest BCUT2D eigenvalue weighted by atomic mass is 35.5. The van der Waals surface area contributed by atoms with Gasteiger partial charge in [-0.2, -0.15) is 5.10 Å². The molecule has 1 atom stereocenters. The number of benzene rings is 1. The zero-order chi connectivity index (χ0) is 21.4. The lowest BCUT2D eigenvalue weighted by molar-refractivity contribution is 0.0246. The summed E-state index contributed by atoms with van der Waals surface area (Å²) in [6.45, 7) is 3.41. The van der Waals surface area contributed by atoms with Crippen LogP contribution in [-0.2, 0) is 11.3 Å². The van der Waals surface area contributed by atoms with E-state index >= 15 is 0 Å². The summed E-state index contributed by atoms with van der Waals surface area (Å²) < 4.78 is 20.7. The molecule has 1 aromatic heterocycles. The molecule has 0 spiro atoms. The van der Waals surface area contributed by atoms with Crippen molar-refractivity contribution in [3.05, 3.63) is 40.3 Å². The monoisotopic (exact) mass is 437 g/mol. The summed E-state index contributed by atoms with van der Waals surface area (Å²) in [5.41, 5.74) is 6.89. The van der Waals surface area contributed by atoms with E-state index in [1.54, 1.807) is 4.68 Å². The van der Waals surface area contributed by atoms with Crippen molar-refractivity contribution in [2.24, 2.45) is 5.73 Å². The van der Waals surface area contributed by atoms with Crippen LogP contribution in [0.4, 0.5) is 9.18 Å². The average molecular weight is 438 g/mol. The topological polar surface area (TPSA) is 114 Å². The van der Waals surface area contributed by atoms with Gasteiger partial charge in [-0.05, 0) is 18.2 Å². The quantitative estimate of drug-likeness (QED) is 0.754. The number of nitrogens with zero attached hydrogens (tertiary/aromatic N) is 4. The summed E-state index contributed by atoms with van der Waals surface area (Å²) >= 11 is 5.91. The lowest BCUT2D eigenvalue weighted by Gasteiger charge is -2.36. The zero-order valence-corrected chi connectivity index (χ0v) is 16.8. The number of halogens is 2. The number of rotatable bonds is 4. The van der Waals surface area contributed by atoms with Gasteiger partial charge >= 0.3 is 6.09 Å². The lowest BCUT2D eigenvalue weighted by Crippen LogP contribution is -2.47. The summed E-state index contributed by atoms with van der Waals surface area (Å²) in [5, 5.41) is 14.1. The molecule has 1 saturated heterocycles. The van der Waals surface area contributed by atoms with E-state index in [1.165, 1.54) is 23.1 Å². The van der Waals surface area contributed by atoms with E-state index in [4.69, 9.17) is 22.1 Å². The Kier molecular flexibility index (Phi) is 5.63. The fraction of sp³-hybridized carbons (Fsp3) is 0.421. The summed E-state index contributed by atoms with van der Waals surface area (Å²) in [5.74, 6) is -1.32. The molecule has 0 saturated carbocycles. The average Bonchev–Trinajstić information content (AvgIpc) is 3.11. The van der Waals surface area contributed by atoms with Crippen molar-refractivity contribution in [2.45, 2.75) is 12.6 Å². The van der Waals surface area contributed by atoms with Crippen LogP contribution in [-0.4, -0.2) is 76.1 Å². The van der Waals surface area contributed by atoms with Crippen LogP contribution in [0.5, 0.6) is 0 Å². The molecule has 3 heterocycles. The molecule has 1 fully saturated rings. The van der Waals surface area contributed by atoms with Crippen LogP contribution in [0.2, 0.25) is 5.02 Å². The minimum absolute atomic E-state index is 0.0187. The molecule has 1 aromatic carbocycles. The second-order valence-corrected chi connectivity index (χ2v) is 7.75. The summed E-state index contributed by atoms with van der Waals surface area (Å²) in [6, 6.07) is 3.72. The number of carboxylic acid groups (broad SMARTS) is 1. The molecule has 3 N–H and O–H groups in total. The second-order valence-electron chi connectivity index (χ2n) is 7.34. The van der Waals surface area contributed by atoms with Crippen molar-refractivity contribution in [2.75, 3.05) is 39.4 Å². The van der Waals surface area contributed by atoms with E-state index in [0.29, 0.717) is 31.0 Å². The Morgan fingerprint density at radius 3 is 2.70 bits per heavy atom. The van der Waals surface area contributed by atoms with E-state index in [9.17, 15) is 19.1 Å². The third kappa shape index (κ3) is 3.85. The van der Waals surface area contributed by atoms with Gasteiger partial charge in [0.05, 0.1) is 42.1 Å². The van der Waals surface area contributed by atoms with Gasteiger partial charge in [0, 0.05) is 31.7 Å². The van der Waals surface area contributed by atoms with Gasteiger partial charge in [-0.25, -0.2) is 9.18 Å². The number of carbonyl (C=O) groups excluding carboxylic acids is 1. The van der Waals surface area contributed by atoms with Crippen LogP contribution in [0.25, 0.3) is 11.3 Å². The Labute approximate surface area is 176 Å². The molecule has 2 amide bonds. The number of carbonyl (C=O) groups is 2. The van der Waals surface area contributed by atoms with Crippen LogP contribution in [0.1, 0.15) is 22.1 Å². The van der Waals surface area contributed by atoms with Crippen molar-refractivity contribution in [3.63, 3.8) is 0 Å². The number of primary amides is 1. The molecular formula is C19H21ClFN5O4. The number of morpholine rings is 1. The maximum atomic E-state index is 13.6. The van der Waals surface area contributed by atoms with Gasteiger partial charge in [0.25, 0.3) is 5.91 Å². The molecule has 0 bridgehead atoms. The summed E-state index contributed by atoms with van der Waals surface area (Å²) in [6.07, 6.45) is -1.09. The largest absolute Gasteiger partial charge is 0.465 e. The van der Waals surface area contributed by atoms with Gasteiger partial charge in [-0.3, -0.25) is 14.4 Å². The van der Waals surface area contributed by atoms with Gasteiger partial charge < -0.3 is 20.5 Å². The minimum atomic E-state index is -1.09. The maximum absolute atomic E-state index is 13.6. The summed E-state index contributed by atoms with van der Waals surface area (Å²) in [4.78, 5) is 27.5. The van der Waals surface area contributed by atoms with Crippen molar-refractivity contribution in [1.82, 2.24) is 19.6 Å². The van der Waals surface area contributed by atoms with E-state index in [-0.39, 0.29) is 35.4 Å². The van der Waals surface area contributed by atoms with Crippen LogP contribution in [0.15, 0.2) is 18.2 Å². The molecule has 2 aliphatic heterocycles. The highest BCUT2D eigenvalue weighted by Crippen LogP contribution is 2.33. The molecule has 160 valence electrons. The van der Waals surface area contributed by atoms with Gasteiger partial charge in [-0.1, -0.05) is 11.6 Å². The van der Waals surface area contributed by atoms with Crippen LogP contribution in [0.3, 0.4) is 0 Å². The predicted octanol–water partition coefficient (Wildman–Crippen LogP) is 1.81. The van der Waals surface area contributed by atoms with E-state index in [1.807, 2.05) is 0 Å². The van der Waals surface area contributed by atoms with Gasteiger partial charge in [0.1, 0.15) is 11.5 Å². The van der Waals surface area contributed by atoms with Crippen molar-refractivity contribution in [3.8, 4) is 11.3 Å². The highest BCUT2D eigenvalue weighted by molar-refractivity contribution is 6.31. The fourth-order valence-electron chi connectivity index (χ4n) is 3.97. The van der Waals surface area contributed by atoms with Gasteiger partial charge in [0.2, 0.25) is 0 Å². The zero-order valence-electron chi connectivity index (χ0n) is 16.1. The molecule has 0 aliphatic carbocycles. The molecule has 1 unspecified atom stereocenters. The number of nitrogens with two attached hydrogens (primary N) is 1. The second kappa shape index (κ2) is 8.21. The van der Waals surface area contributed by atoms with Crippen LogP contribution < -0.4 is 5.73 Å². The molecular weight excluding hydrogens is 417 g/mol. The Morgan fingerprint density at radius 2 is 2.07 bits per heavy atom. The molecule has 2 aromatic rings. The SMILES string of the molecule is NC(=O)c1c(-c2ccc(F)c(Cl)c2)nn2c1CN(C(=O)O)CC2CN1CCOCC1. The Hall–Kier alpha value is -2.69. The number of ether oxygens (including phenoxy) is 1. The van der Waals surface area contributed by atoms with E-state index in [0.717, 1.165) is 13.1 Å². The van der Waals surface area contributed by atoms with Crippen molar-refractivity contribution >= 4 is 23.6 Å². The number of fused-ring (bicyclic) bond motifs is 1. The molecule has 2 aliphatic rings. The number of hydrogen-bond acceptors (Lipinski definition) is 5.